The fourth-order valence-electron chi connectivity index (χ4n) is 3.50. The van der Waals surface area contributed by atoms with Gasteiger partial charge in [-0.2, -0.15) is 0 Å². The van der Waals surface area contributed by atoms with E-state index in [1.54, 1.807) is 18.2 Å². The number of carbonyl (C=O) groups excluding carboxylic acids is 1. The second kappa shape index (κ2) is 7.17. The van der Waals surface area contributed by atoms with Gasteiger partial charge in [-0.25, -0.2) is 13.1 Å². The minimum atomic E-state index is -3.74. The predicted molar refractivity (Wildman–Crippen MR) is 96.5 cm³/mol. The molecular weight excluding hydrogens is 372 g/mol. The van der Waals surface area contributed by atoms with Crippen LogP contribution in [0.1, 0.15) is 0 Å². The predicted octanol–water partition coefficient (Wildman–Crippen LogP) is 0.155. The molecule has 8 nitrogen and oxygen atoms in total. The molecule has 0 aromatic heterocycles. The van der Waals surface area contributed by atoms with Crippen LogP contribution < -0.4 is 10.5 Å². The third kappa shape index (κ3) is 3.69. The van der Waals surface area contributed by atoms with Crippen molar-refractivity contribution in [2.24, 2.45) is 5.73 Å². The van der Waals surface area contributed by atoms with E-state index in [9.17, 15) is 13.2 Å². The van der Waals surface area contributed by atoms with Crippen LogP contribution in [-0.4, -0.2) is 58.5 Å². The van der Waals surface area contributed by atoms with Crippen LogP contribution in [0.3, 0.4) is 0 Å². The standard InChI is InChI=1S/C18H20N2O6S/c19-16(21)10-24-15-9-26-17-14(8-25-18(15)17)20-27(22,23)13-6-5-11-3-1-2-4-12(11)7-13/h1-7,14-15,17-18,20H,8-10H2,(H2,19,21)/t14-,15-,17-,18+/m1/s1. The summed E-state index contributed by atoms with van der Waals surface area (Å²) < 4.78 is 45.0. The van der Waals surface area contributed by atoms with Gasteiger partial charge >= 0.3 is 0 Å². The van der Waals surface area contributed by atoms with Crippen molar-refractivity contribution < 1.29 is 27.4 Å². The van der Waals surface area contributed by atoms with Crippen molar-refractivity contribution in [1.82, 2.24) is 4.72 Å². The second-order valence-corrected chi connectivity index (χ2v) is 8.36. The SMILES string of the molecule is NC(=O)CO[C@@H]1CO[C@H]2[C@H]1OC[C@H]2NS(=O)(=O)c1ccc2ccccc2c1. The molecule has 0 radical (unpaired) electrons. The summed E-state index contributed by atoms with van der Waals surface area (Å²) in [7, 11) is -3.74. The lowest BCUT2D eigenvalue weighted by molar-refractivity contribution is -0.126. The number of ether oxygens (including phenoxy) is 3. The summed E-state index contributed by atoms with van der Waals surface area (Å²) in [6, 6.07) is 12.0. The summed E-state index contributed by atoms with van der Waals surface area (Å²) in [5.41, 5.74) is 5.08. The van der Waals surface area contributed by atoms with E-state index in [4.69, 9.17) is 19.9 Å². The number of carbonyl (C=O) groups is 1. The number of nitrogens with two attached hydrogens (primary N) is 1. The molecule has 0 saturated carbocycles. The number of amides is 1. The molecule has 144 valence electrons. The highest BCUT2D eigenvalue weighted by Gasteiger charge is 2.49. The quantitative estimate of drug-likeness (QED) is 0.723. The summed E-state index contributed by atoms with van der Waals surface area (Å²) in [5, 5.41) is 1.81. The maximum Gasteiger partial charge on any atom is 0.243 e. The number of fused-ring (bicyclic) bond motifs is 2. The zero-order valence-electron chi connectivity index (χ0n) is 14.4. The molecule has 2 aliphatic heterocycles. The molecule has 0 spiro atoms. The second-order valence-electron chi connectivity index (χ2n) is 6.65. The van der Waals surface area contributed by atoms with Gasteiger partial charge < -0.3 is 19.9 Å². The minimum Gasteiger partial charge on any atom is -0.371 e. The molecule has 9 heteroatoms. The summed E-state index contributed by atoms with van der Waals surface area (Å²) in [6.45, 7) is 0.156. The smallest absolute Gasteiger partial charge is 0.243 e. The summed E-state index contributed by atoms with van der Waals surface area (Å²) >= 11 is 0. The van der Waals surface area contributed by atoms with E-state index in [1.807, 2.05) is 24.3 Å². The Morgan fingerprint density at radius 3 is 2.63 bits per heavy atom. The molecule has 2 aromatic carbocycles. The summed E-state index contributed by atoms with van der Waals surface area (Å²) in [5.74, 6) is -0.579. The Morgan fingerprint density at radius 1 is 1.11 bits per heavy atom. The molecule has 2 fully saturated rings. The Hall–Kier alpha value is -2.04. The van der Waals surface area contributed by atoms with Gasteiger partial charge in [0.2, 0.25) is 15.9 Å². The number of rotatable bonds is 6. The number of primary amides is 1. The Labute approximate surface area is 156 Å². The van der Waals surface area contributed by atoms with Crippen molar-refractivity contribution in [2.45, 2.75) is 29.2 Å². The molecule has 3 N–H and O–H groups in total. The fraction of sp³-hybridized carbons (Fsp3) is 0.389. The van der Waals surface area contributed by atoms with Crippen LogP contribution in [0, 0.1) is 0 Å². The van der Waals surface area contributed by atoms with Crippen LogP contribution in [0.5, 0.6) is 0 Å². The van der Waals surface area contributed by atoms with Crippen molar-refractivity contribution in [3.8, 4) is 0 Å². The zero-order valence-corrected chi connectivity index (χ0v) is 15.2. The lowest BCUT2D eigenvalue weighted by Crippen LogP contribution is -2.44. The molecule has 0 aliphatic carbocycles. The zero-order chi connectivity index (χ0) is 19.0. The molecule has 4 rings (SSSR count). The van der Waals surface area contributed by atoms with Crippen LogP contribution in [-0.2, 0) is 29.0 Å². The van der Waals surface area contributed by atoms with Crippen LogP contribution in [0.4, 0.5) is 0 Å². The first-order valence-corrected chi connectivity index (χ1v) is 10.1. The van der Waals surface area contributed by atoms with Gasteiger partial charge in [0.1, 0.15) is 24.9 Å². The van der Waals surface area contributed by atoms with Crippen LogP contribution in [0.15, 0.2) is 47.4 Å². The van der Waals surface area contributed by atoms with Gasteiger partial charge in [0.05, 0.1) is 24.2 Å². The topological polar surface area (TPSA) is 117 Å². The lowest BCUT2D eigenvalue weighted by Gasteiger charge is -2.18. The van der Waals surface area contributed by atoms with Gasteiger partial charge in [-0.1, -0.05) is 30.3 Å². The highest BCUT2D eigenvalue weighted by atomic mass is 32.2. The van der Waals surface area contributed by atoms with E-state index in [-0.39, 0.29) is 24.7 Å². The highest BCUT2D eigenvalue weighted by molar-refractivity contribution is 7.89. The third-order valence-corrected chi connectivity index (χ3v) is 6.27. The number of hydrogen-bond acceptors (Lipinski definition) is 6. The first-order chi connectivity index (χ1) is 12.9. The van der Waals surface area contributed by atoms with Crippen LogP contribution in [0.25, 0.3) is 10.8 Å². The molecule has 2 aromatic rings. The molecule has 2 aliphatic rings. The first kappa shape index (κ1) is 18.3. The average molecular weight is 392 g/mol. The Morgan fingerprint density at radius 2 is 1.85 bits per heavy atom. The Balaban J connectivity index is 1.47. The minimum absolute atomic E-state index is 0.165. The van der Waals surface area contributed by atoms with Crippen LogP contribution in [0.2, 0.25) is 0 Å². The van der Waals surface area contributed by atoms with Gasteiger partial charge in [0.25, 0.3) is 0 Å². The van der Waals surface area contributed by atoms with Crippen molar-refractivity contribution in [1.29, 1.82) is 0 Å². The van der Waals surface area contributed by atoms with Gasteiger partial charge in [-0.15, -0.1) is 0 Å². The summed E-state index contributed by atoms with van der Waals surface area (Å²) in [4.78, 5) is 11.1. The largest absolute Gasteiger partial charge is 0.371 e. The summed E-state index contributed by atoms with van der Waals surface area (Å²) in [6.07, 6.45) is -1.36. The van der Waals surface area contributed by atoms with Crippen molar-refractivity contribution in [3.05, 3.63) is 42.5 Å². The number of sulfonamides is 1. The van der Waals surface area contributed by atoms with Crippen molar-refractivity contribution in [2.75, 3.05) is 19.8 Å². The molecule has 1 amide bonds. The number of nitrogens with one attached hydrogen (secondary N) is 1. The van der Waals surface area contributed by atoms with Crippen molar-refractivity contribution >= 4 is 26.7 Å². The average Bonchev–Trinajstić information content (AvgIpc) is 3.22. The van der Waals surface area contributed by atoms with Gasteiger partial charge in [-0.3, -0.25) is 4.79 Å². The highest BCUT2D eigenvalue weighted by Crippen LogP contribution is 2.30. The number of hydrogen-bond donors (Lipinski definition) is 2. The normalized spacial score (nSPS) is 27.7. The Bertz CT molecular complexity index is 963. The molecule has 0 unspecified atom stereocenters. The van der Waals surface area contributed by atoms with E-state index < -0.39 is 40.3 Å². The van der Waals surface area contributed by atoms with E-state index in [1.165, 1.54) is 0 Å². The van der Waals surface area contributed by atoms with Crippen molar-refractivity contribution in [3.63, 3.8) is 0 Å². The fourth-order valence-corrected chi connectivity index (χ4v) is 4.77. The van der Waals surface area contributed by atoms with Gasteiger partial charge in [0.15, 0.2) is 0 Å². The molecule has 27 heavy (non-hydrogen) atoms. The molecular formula is C18H20N2O6S. The number of benzene rings is 2. The molecule has 2 saturated heterocycles. The molecule has 4 atom stereocenters. The first-order valence-electron chi connectivity index (χ1n) is 8.58. The lowest BCUT2D eigenvalue weighted by atomic mass is 10.1. The molecule has 0 bridgehead atoms. The van der Waals surface area contributed by atoms with Gasteiger partial charge in [0, 0.05) is 0 Å². The monoisotopic (exact) mass is 392 g/mol. The maximum absolute atomic E-state index is 12.8. The maximum atomic E-state index is 12.8. The van der Waals surface area contributed by atoms with Crippen LogP contribution >= 0.6 is 0 Å². The van der Waals surface area contributed by atoms with E-state index in [0.29, 0.717) is 0 Å². The molecule has 2 heterocycles. The van der Waals surface area contributed by atoms with E-state index >= 15 is 0 Å². The van der Waals surface area contributed by atoms with Gasteiger partial charge in [-0.05, 0) is 22.9 Å². The van der Waals surface area contributed by atoms with E-state index in [0.717, 1.165) is 10.8 Å². The Kier molecular flexibility index (Phi) is 4.87. The third-order valence-electron chi connectivity index (χ3n) is 4.79. The van der Waals surface area contributed by atoms with E-state index in [2.05, 4.69) is 4.72 Å².